The van der Waals surface area contributed by atoms with Crippen molar-refractivity contribution in [2.45, 2.75) is 18.9 Å². The average molecular weight is 345 g/mol. The fraction of sp³-hybridized carbons (Fsp3) is 0.375. The van der Waals surface area contributed by atoms with E-state index in [0.717, 1.165) is 15.1 Å². The summed E-state index contributed by atoms with van der Waals surface area (Å²) < 4.78 is 6.85. The van der Waals surface area contributed by atoms with Crippen LogP contribution in [0.1, 0.15) is 12.8 Å². The molecule has 0 saturated carbocycles. The molecule has 0 atom stereocenters. The van der Waals surface area contributed by atoms with E-state index in [1.165, 1.54) is 11.3 Å². The minimum absolute atomic E-state index is 0.0977. The van der Waals surface area contributed by atoms with E-state index in [1.54, 1.807) is 4.90 Å². The van der Waals surface area contributed by atoms with Crippen LogP contribution in [-0.2, 0) is 14.4 Å². The van der Waals surface area contributed by atoms with E-state index in [0.29, 0.717) is 18.3 Å². The van der Waals surface area contributed by atoms with Crippen molar-refractivity contribution >= 4 is 39.3 Å². The van der Waals surface area contributed by atoms with Crippen molar-refractivity contribution in [3.8, 4) is 5.19 Å². The summed E-state index contributed by atoms with van der Waals surface area (Å²) in [5, 5.41) is 0.596. The highest BCUT2D eigenvalue weighted by Gasteiger charge is 2.37. The summed E-state index contributed by atoms with van der Waals surface area (Å²) in [5.41, 5.74) is 0.899. The number of thiazole rings is 1. The number of fused-ring (bicyclic) bond motifs is 1. The van der Waals surface area contributed by atoms with Crippen molar-refractivity contribution in [1.82, 2.24) is 14.8 Å². The molecule has 2 fully saturated rings. The number of hydrogen-bond donors (Lipinski definition) is 0. The molecule has 2 aliphatic rings. The van der Waals surface area contributed by atoms with Crippen molar-refractivity contribution in [2.75, 3.05) is 19.6 Å². The van der Waals surface area contributed by atoms with E-state index >= 15 is 0 Å². The number of aromatic nitrogens is 1. The smallest absolute Gasteiger partial charge is 0.274 e. The van der Waals surface area contributed by atoms with Gasteiger partial charge >= 0.3 is 0 Å². The van der Waals surface area contributed by atoms with E-state index in [4.69, 9.17) is 4.74 Å². The van der Waals surface area contributed by atoms with E-state index in [9.17, 15) is 14.4 Å². The molecule has 2 saturated heterocycles. The number of hydrogen-bond acceptors (Lipinski definition) is 6. The van der Waals surface area contributed by atoms with E-state index in [-0.39, 0.29) is 43.2 Å². The number of amides is 3. The minimum Gasteiger partial charge on any atom is -0.463 e. The van der Waals surface area contributed by atoms with Gasteiger partial charge < -0.3 is 9.64 Å². The van der Waals surface area contributed by atoms with Crippen LogP contribution in [0.4, 0.5) is 0 Å². The molecule has 4 rings (SSSR count). The second-order valence-corrected chi connectivity index (χ2v) is 6.85. The maximum absolute atomic E-state index is 12.1. The first kappa shape index (κ1) is 15.1. The normalized spacial score (nSPS) is 18.3. The Hall–Kier alpha value is -2.48. The van der Waals surface area contributed by atoms with Crippen LogP contribution < -0.4 is 4.74 Å². The Kier molecular flexibility index (Phi) is 3.68. The number of ether oxygens (including phenoxy) is 1. The number of benzene rings is 1. The molecule has 2 aromatic rings. The SMILES string of the molecule is O=C(CN1C(=O)CCC1=O)N1CC(Oc2nc3ccccc3s2)C1. The van der Waals surface area contributed by atoms with Gasteiger partial charge in [-0.3, -0.25) is 19.3 Å². The molecule has 0 spiro atoms. The first-order valence-electron chi connectivity index (χ1n) is 7.73. The number of nitrogens with zero attached hydrogens (tertiary/aromatic N) is 3. The highest BCUT2D eigenvalue weighted by atomic mass is 32.1. The van der Waals surface area contributed by atoms with Gasteiger partial charge in [0.15, 0.2) is 0 Å². The van der Waals surface area contributed by atoms with E-state index in [1.807, 2.05) is 24.3 Å². The fourth-order valence-corrected chi connectivity index (χ4v) is 3.68. The molecule has 1 aromatic heterocycles. The minimum atomic E-state index is -0.267. The molecular weight excluding hydrogens is 330 g/mol. The van der Waals surface area contributed by atoms with Gasteiger partial charge in [-0.1, -0.05) is 23.5 Å². The van der Waals surface area contributed by atoms with Crippen LogP contribution in [0.15, 0.2) is 24.3 Å². The van der Waals surface area contributed by atoms with Gasteiger partial charge in [0.2, 0.25) is 17.7 Å². The van der Waals surface area contributed by atoms with E-state index in [2.05, 4.69) is 4.98 Å². The zero-order valence-corrected chi connectivity index (χ0v) is 13.6. The molecule has 2 aliphatic heterocycles. The van der Waals surface area contributed by atoms with Crippen LogP contribution in [-0.4, -0.2) is 58.2 Å². The lowest BCUT2D eigenvalue weighted by Crippen LogP contribution is -2.58. The van der Waals surface area contributed by atoms with Gasteiger partial charge in [-0.25, -0.2) is 4.98 Å². The number of carbonyl (C=O) groups excluding carboxylic acids is 3. The lowest BCUT2D eigenvalue weighted by atomic mass is 10.1. The molecule has 8 heteroatoms. The van der Waals surface area contributed by atoms with Crippen LogP contribution in [0.5, 0.6) is 5.19 Å². The van der Waals surface area contributed by atoms with Crippen LogP contribution in [0.3, 0.4) is 0 Å². The molecule has 124 valence electrons. The molecule has 3 amide bonds. The van der Waals surface area contributed by atoms with Gasteiger partial charge in [0.25, 0.3) is 5.19 Å². The van der Waals surface area contributed by atoms with Gasteiger partial charge in [0.05, 0.1) is 23.3 Å². The Balaban J connectivity index is 1.30. The third-order valence-electron chi connectivity index (χ3n) is 4.19. The average Bonchev–Trinajstić information content (AvgIpc) is 3.07. The summed E-state index contributed by atoms with van der Waals surface area (Å²) >= 11 is 1.48. The fourth-order valence-electron chi connectivity index (χ4n) is 2.79. The van der Waals surface area contributed by atoms with Gasteiger partial charge in [-0.05, 0) is 12.1 Å². The van der Waals surface area contributed by atoms with Crippen LogP contribution in [0.2, 0.25) is 0 Å². The Morgan fingerprint density at radius 2 is 1.92 bits per heavy atom. The molecule has 0 N–H and O–H groups in total. The van der Waals surface area contributed by atoms with Gasteiger partial charge in [0, 0.05) is 12.8 Å². The largest absolute Gasteiger partial charge is 0.463 e. The summed E-state index contributed by atoms with van der Waals surface area (Å²) in [4.78, 5) is 42.3. The summed E-state index contributed by atoms with van der Waals surface area (Å²) in [6, 6.07) is 7.80. The zero-order chi connectivity index (χ0) is 16.7. The Bertz CT molecular complexity index is 779. The number of imide groups is 1. The quantitative estimate of drug-likeness (QED) is 0.774. The van der Waals surface area contributed by atoms with Gasteiger partial charge in [-0.2, -0.15) is 0 Å². The van der Waals surface area contributed by atoms with Crippen molar-refractivity contribution < 1.29 is 19.1 Å². The summed E-state index contributed by atoms with van der Waals surface area (Å²) in [5.74, 6) is -0.755. The third-order valence-corrected chi connectivity index (χ3v) is 5.12. The number of carbonyl (C=O) groups is 3. The van der Waals surface area contributed by atoms with Gasteiger partial charge in [-0.15, -0.1) is 0 Å². The van der Waals surface area contributed by atoms with E-state index < -0.39 is 0 Å². The monoisotopic (exact) mass is 345 g/mol. The highest BCUT2D eigenvalue weighted by molar-refractivity contribution is 7.20. The lowest BCUT2D eigenvalue weighted by molar-refractivity contribution is -0.149. The maximum atomic E-state index is 12.1. The van der Waals surface area contributed by atoms with Crippen molar-refractivity contribution in [3.05, 3.63) is 24.3 Å². The summed E-state index contributed by atoms with van der Waals surface area (Å²) in [6.45, 7) is 0.738. The molecule has 0 aliphatic carbocycles. The molecule has 0 bridgehead atoms. The Morgan fingerprint density at radius 3 is 2.62 bits per heavy atom. The second kappa shape index (κ2) is 5.86. The number of rotatable bonds is 4. The molecular formula is C16H15N3O4S. The summed E-state index contributed by atoms with van der Waals surface area (Å²) in [6.07, 6.45) is 0.310. The standard InChI is InChI=1S/C16H15N3O4S/c20-13-5-6-14(21)19(13)9-15(22)18-7-10(8-18)23-16-17-11-3-1-2-4-12(11)24-16/h1-4,10H,5-9H2. The van der Waals surface area contributed by atoms with Crippen LogP contribution in [0, 0.1) is 0 Å². The first-order chi connectivity index (χ1) is 11.6. The van der Waals surface area contributed by atoms with Crippen molar-refractivity contribution in [1.29, 1.82) is 0 Å². The van der Waals surface area contributed by atoms with Gasteiger partial charge in [0.1, 0.15) is 12.6 Å². The third kappa shape index (κ3) is 2.73. The second-order valence-electron chi connectivity index (χ2n) is 5.86. The molecule has 7 nitrogen and oxygen atoms in total. The van der Waals surface area contributed by atoms with Crippen molar-refractivity contribution in [3.63, 3.8) is 0 Å². The topological polar surface area (TPSA) is 79.8 Å². The molecule has 0 unspecified atom stereocenters. The molecule has 3 heterocycles. The Morgan fingerprint density at radius 1 is 1.21 bits per heavy atom. The van der Waals surface area contributed by atoms with Crippen LogP contribution in [0.25, 0.3) is 10.2 Å². The highest BCUT2D eigenvalue weighted by Crippen LogP contribution is 2.29. The number of para-hydroxylation sites is 1. The molecule has 24 heavy (non-hydrogen) atoms. The Labute approximate surface area is 141 Å². The number of likely N-dealkylation sites (tertiary alicyclic amines) is 2. The van der Waals surface area contributed by atoms with Crippen molar-refractivity contribution in [2.24, 2.45) is 0 Å². The predicted molar refractivity (Wildman–Crippen MR) is 86.6 cm³/mol. The molecule has 0 radical (unpaired) electrons. The zero-order valence-electron chi connectivity index (χ0n) is 12.8. The summed E-state index contributed by atoms with van der Waals surface area (Å²) in [7, 11) is 0. The molecule has 1 aromatic carbocycles. The van der Waals surface area contributed by atoms with Crippen LogP contribution >= 0.6 is 11.3 Å². The maximum Gasteiger partial charge on any atom is 0.274 e. The first-order valence-corrected chi connectivity index (χ1v) is 8.55. The lowest BCUT2D eigenvalue weighted by Gasteiger charge is -2.38. The predicted octanol–water partition coefficient (Wildman–Crippen LogP) is 1.03.